The zero-order chi connectivity index (χ0) is 32.1. The molecule has 7 aromatic rings. The number of hydrogen-bond acceptors (Lipinski definition) is 2. The highest BCUT2D eigenvalue weighted by molar-refractivity contribution is 6.03. The summed E-state index contributed by atoms with van der Waals surface area (Å²) in [5.41, 5.74) is 21.9. The van der Waals surface area contributed by atoms with Gasteiger partial charge in [0.2, 0.25) is 0 Å². The summed E-state index contributed by atoms with van der Waals surface area (Å²) in [5, 5.41) is 7.62. The Hall–Kier alpha value is -6.12. The SMILES string of the molecule is C1=C(c2cccc(C3Nc4ccccc4-c4c3ccc3c4-c4ccccc4C34c3ccccc3-c3ccccc34)c2)CNc2ccccc21. The van der Waals surface area contributed by atoms with E-state index in [9.17, 15) is 0 Å². The molecule has 0 saturated heterocycles. The summed E-state index contributed by atoms with van der Waals surface area (Å²) < 4.78 is 0. The van der Waals surface area contributed by atoms with Crippen molar-refractivity contribution in [2.45, 2.75) is 11.5 Å². The van der Waals surface area contributed by atoms with Gasteiger partial charge < -0.3 is 10.6 Å². The molecule has 2 nitrogen and oxygen atoms in total. The number of nitrogens with one attached hydrogen (secondary N) is 2. The first-order valence-corrected chi connectivity index (χ1v) is 17.3. The summed E-state index contributed by atoms with van der Waals surface area (Å²) in [4.78, 5) is 0. The zero-order valence-electron chi connectivity index (χ0n) is 26.9. The van der Waals surface area contributed by atoms with Gasteiger partial charge in [-0.25, -0.2) is 0 Å². The molecule has 1 unspecified atom stereocenters. The van der Waals surface area contributed by atoms with Gasteiger partial charge in [-0.1, -0.05) is 140 Å². The maximum atomic E-state index is 3.99. The third-order valence-corrected chi connectivity index (χ3v) is 11.4. The Balaban J connectivity index is 1.16. The van der Waals surface area contributed by atoms with Crippen molar-refractivity contribution in [2.24, 2.45) is 0 Å². The van der Waals surface area contributed by atoms with E-state index in [2.05, 4.69) is 174 Å². The maximum absolute atomic E-state index is 3.99. The molecule has 2 aliphatic heterocycles. The number of para-hydroxylation sites is 2. The van der Waals surface area contributed by atoms with Crippen LogP contribution in [-0.4, -0.2) is 6.54 Å². The average molecular weight is 625 g/mol. The van der Waals surface area contributed by atoms with Gasteiger partial charge in [0.25, 0.3) is 0 Å². The van der Waals surface area contributed by atoms with Gasteiger partial charge in [0.05, 0.1) is 11.5 Å². The first-order valence-electron chi connectivity index (χ1n) is 17.3. The minimum absolute atomic E-state index is 0.00597. The van der Waals surface area contributed by atoms with E-state index in [1.165, 1.54) is 94.8 Å². The van der Waals surface area contributed by atoms with Crippen LogP contribution >= 0.6 is 0 Å². The summed E-state index contributed by atoms with van der Waals surface area (Å²) in [6.45, 7) is 0.813. The Morgan fingerprint density at radius 3 is 1.90 bits per heavy atom. The monoisotopic (exact) mass is 624 g/mol. The van der Waals surface area contributed by atoms with Gasteiger partial charge in [-0.3, -0.25) is 0 Å². The lowest BCUT2D eigenvalue weighted by Gasteiger charge is -2.34. The molecule has 0 amide bonds. The predicted molar refractivity (Wildman–Crippen MR) is 203 cm³/mol. The van der Waals surface area contributed by atoms with E-state index in [0.29, 0.717) is 0 Å². The fraction of sp³-hybridized carbons (Fsp3) is 0.0638. The summed E-state index contributed by atoms with van der Waals surface area (Å²) >= 11 is 0. The van der Waals surface area contributed by atoms with E-state index in [1.807, 2.05) is 0 Å². The molecule has 2 N–H and O–H groups in total. The van der Waals surface area contributed by atoms with E-state index >= 15 is 0 Å². The molecule has 2 heterocycles. The molecule has 4 aliphatic rings. The summed E-state index contributed by atoms with van der Waals surface area (Å²) in [6.07, 6.45) is 2.34. The Morgan fingerprint density at radius 1 is 0.490 bits per heavy atom. The molecular formula is C47H32N2. The lowest BCUT2D eigenvalue weighted by Crippen LogP contribution is -2.26. The minimum atomic E-state index is -0.361. The van der Waals surface area contributed by atoms with Crippen LogP contribution in [0.4, 0.5) is 11.4 Å². The molecule has 0 fully saturated rings. The van der Waals surface area contributed by atoms with E-state index in [4.69, 9.17) is 0 Å². The molecule has 2 heteroatoms. The molecule has 49 heavy (non-hydrogen) atoms. The van der Waals surface area contributed by atoms with Crippen molar-refractivity contribution in [3.05, 3.63) is 202 Å². The topological polar surface area (TPSA) is 24.1 Å². The molecule has 11 rings (SSSR count). The number of hydrogen-bond donors (Lipinski definition) is 2. The van der Waals surface area contributed by atoms with Crippen LogP contribution in [0.15, 0.2) is 158 Å². The van der Waals surface area contributed by atoms with Gasteiger partial charge in [0, 0.05) is 23.5 Å². The third kappa shape index (κ3) is 3.55. The Kier molecular flexibility index (Phi) is 5.46. The number of rotatable bonds is 2. The van der Waals surface area contributed by atoms with Gasteiger partial charge in [0.15, 0.2) is 0 Å². The fourth-order valence-corrected chi connectivity index (χ4v) is 9.37. The molecular weight excluding hydrogens is 593 g/mol. The van der Waals surface area contributed by atoms with Crippen LogP contribution in [0.2, 0.25) is 0 Å². The van der Waals surface area contributed by atoms with Crippen LogP contribution in [0.1, 0.15) is 50.5 Å². The van der Waals surface area contributed by atoms with Crippen molar-refractivity contribution < 1.29 is 0 Å². The van der Waals surface area contributed by atoms with Gasteiger partial charge >= 0.3 is 0 Å². The van der Waals surface area contributed by atoms with Crippen LogP contribution in [0.5, 0.6) is 0 Å². The fourth-order valence-electron chi connectivity index (χ4n) is 9.37. The van der Waals surface area contributed by atoms with Crippen LogP contribution in [0, 0.1) is 0 Å². The largest absolute Gasteiger partial charge is 0.380 e. The van der Waals surface area contributed by atoms with Gasteiger partial charge in [-0.15, -0.1) is 0 Å². The molecule has 0 saturated carbocycles. The van der Waals surface area contributed by atoms with Crippen molar-refractivity contribution in [1.82, 2.24) is 0 Å². The highest BCUT2D eigenvalue weighted by Gasteiger charge is 2.52. The summed E-state index contributed by atoms with van der Waals surface area (Å²) in [5.74, 6) is 0. The standard InChI is InChI=1S/C47H32N2/c1-9-22-42-30(12-1)27-32(28-48-42)29-13-11-14-31(26-29)46-37-24-25-41-45(44(37)36-18-5-10-23-43(36)49-46)35-17-4-8-21-40(35)47(41)38-19-6-2-15-33(38)34-16-3-7-20-39(34)47/h1-27,46,48-49H,28H2. The van der Waals surface area contributed by atoms with Crippen LogP contribution < -0.4 is 10.6 Å². The van der Waals surface area contributed by atoms with Crippen molar-refractivity contribution in [1.29, 1.82) is 0 Å². The highest BCUT2D eigenvalue weighted by atomic mass is 14.9. The first-order chi connectivity index (χ1) is 24.3. The number of fused-ring (bicyclic) bond motifs is 15. The second kappa shape index (κ2) is 9.95. The highest BCUT2D eigenvalue weighted by Crippen LogP contribution is 2.65. The van der Waals surface area contributed by atoms with Crippen LogP contribution in [-0.2, 0) is 5.41 Å². The summed E-state index contributed by atoms with van der Waals surface area (Å²) in [6, 6.07) is 58.7. The Bertz CT molecular complexity index is 2510. The Labute approximate surface area is 286 Å². The quantitative estimate of drug-likeness (QED) is 0.200. The van der Waals surface area contributed by atoms with Crippen molar-refractivity contribution in [3.8, 4) is 33.4 Å². The van der Waals surface area contributed by atoms with Crippen molar-refractivity contribution in [3.63, 3.8) is 0 Å². The minimum Gasteiger partial charge on any atom is -0.380 e. The number of anilines is 2. The van der Waals surface area contributed by atoms with Crippen LogP contribution in [0.3, 0.4) is 0 Å². The average Bonchev–Trinajstić information content (AvgIpc) is 3.65. The molecule has 2 aliphatic carbocycles. The molecule has 1 atom stereocenters. The van der Waals surface area contributed by atoms with Gasteiger partial charge in [-0.05, 0) is 102 Å². The maximum Gasteiger partial charge on any atom is 0.0774 e. The molecule has 7 aromatic carbocycles. The second-order valence-corrected chi connectivity index (χ2v) is 13.7. The Morgan fingerprint density at radius 2 is 1.12 bits per heavy atom. The molecule has 1 spiro atoms. The molecule has 0 aromatic heterocycles. The molecule has 230 valence electrons. The first kappa shape index (κ1) is 26.9. The lowest BCUT2D eigenvalue weighted by atomic mass is 9.70. The van der Waals surface area contributed by atoms with E-state index in [0.717, 1.165) is 6.54 Å². The van der Waals surface area contributed by atoms with E-state index in [1.54, 1.807) is 0 Å². The van der Waals surface area contributed by atoms with Crippen LogP contribution in [0.25, 0.3) is 45.0 Å². The second-order valence-electron chi connectivity index (χ2n) is 13.7. The summed E-state index contributed by atoms with van der Waals surface area (Å²) in [7, 11) is 0. The van der Waals surface area contributed by atoms with Crippen molar-refractivity contribution in [2.75, 3.05) is 17.2 Å². The third-order valence-electron chi connectivity index (χ3n) is 11.4. The predicted octanol–water partition coefficient (Wildman–Crippen LogP) is 11.2. The smallest absolute Gasteiger partial charge is 0.0774 e. The lowest BCUT2D eigenvalue weighted by molar-refractivity contribution is 0.792. The van der Waals surface area contributed by atoms with Gasteiger partial charge in [-0.2, -0.15) is 0 Å². The number of benzene rings is 7. The normalized spacial score (nSPS) is 16.5. The van der Waals surface area contributed by atoms with Gasteiger partial charge in [0.1, 0.15) is 0 Å². The van der Waals surface area contributed by atoms with E-state index in [-0.39, 0.29) is 11.5 Å². The van der Waals surface area contributed by atoms with Crippen molar-refractivity contribution >= 4 is 23.0 Å². The molecule has 0 bridgehead atoms. The zero-order valence-corrected chi connectivity index (χ0v) is 26.9. The molecule has 0 radical (unpaired) electrons. The van der Waals surface area contributed by atoms with E-state index < -0.39 is 0 Å².